The van der Waals surface area contributed by atoms with Gasteiger partial charge in [0.2, 0.25) is 5.91 Å². The first-order valence-electron chi connectivity index (χ1n) is 5.76. The largest absolute Gasteiger partial charge is 0.369 e. The third kappa shape index (κ3) is 5.14. The number of amides is 1. The number of nitrogens with one attached hydrogen (secondary N) is 1. The van der Waals surface area contributed by atoms with Gasteiger partial charge in [0, 0.05) is 25.7 Å². The molecule has 0 aromatic heterocycles. The number of ether oxygens (including phenoxy) is 1. The molecule has 0 aromatic carbocycles. The highest BCUT2D eigenvalue weighted by Crippen LogP contribution is 2.01. The first-order chi connectivity index (χ1) is 7.13. The number of hydrogen-bond acceptors (Lipinski definition) is 3. The van der Waals surface area contributed by atoms with Crippen molar-refractivity contribution in [1.29, 1.82) is 0 Å². The summed E-state index contributed by atoms with van der Waals surface area (Å²) >= 11 is 0. The Bertz CT molecular complexity index is 214. The van der Waals surface area contributed by atoms with Crippen molar-refractivity contribution in [3.05, 3.63) is 0 Å². The molecule has 1 saturated heterocycles. The Morgan fingerprint density at radius 1 is 1.62 bits per heavy atom. The van der Waals surface area contributed by atoms with Crippen LogP contribution in [0.3, 0.4) is 0 Å². The second-order valence-corrected chi connectivity index (χ2v) is 4.22. The first kappa shape index (κ1) is 15.7. The van der Waals surface area contributed by atoms with E-state index in [2.05, 4.69) is 19.2 Å². The molecule has 1 amide bonds. The van der Waals surface area contributed by atoms with Crippen molar-refractivity contribution >= 4 is 18.3 Å². The molecule has 1 N–H and O–H groups in total. The van der Waals surface area contributed by atoms with E-state index in [9.17, 15) is 4.79 Å². The summed E-state index contributed by atoms with van der Waals surface area (Å²) in [5.41, 5.74) is 0. The fourth-order valence-electron chi connectivity index (χ4n) is 1.58. The zero-order valence-electron chi connectivity index (χ0n) is 10.4. The van der Waals surface area contributed by atoms with Crippen LogP contribution in [0.5, 0.6) is 0 Å². The minimum absolute atomic E-state index is 0. The van der Waals surface area contributed by atoms with Crippen LogP contribution in [0.4, 0.5) is 0 Å². The van der Waals surface area contributed by atoms with E-state index < -0.39 is 0 Å². The van der Waals surface area contributed by atoms with Gasteiger partial charge in [0.05, 0.1) is 6.10 Å². The predicted molar refractivity (Wildman–Crippen MR) is 67.0 cm³/mol. The molecule has 1 heterocycles. The molecule has 5 heteroatoms. The average Bonchev–Trinajstić information content (AvgIpc) is 2.25. The Hall–Kier alpha value is -0.320. The number of nitrogens with zero attached hydrogens (tertiary/aromatic N) is 1. The van der Waals surface area contributed by atoms with Crippen LogP contribution in [0.2, 0.25) is 0 Å². The van der Waals surface area contributed by atoms with E-state index in [1.807, 2.05) is 11.8 Å². The summed E-state index contributed by atoms with van der Waals surface area (Å²) in [5, 5.41) is 3.31. The molecule has 0 spiro atoms. The summed E-state index contributed by atoms with van der Waals surface area (Å²) in [5.74, 6) is 0.114. The highest BCUT2D eigenvalue weighted by molar-refractivity contribution is 5.85. The van der Waals surface area contributed by atoms with Gasteiger partial charge in [0.1, 0.15) is 6.61 Å². The van der Waals surface area contributed by atoms with Crippen LogP contribution in [0.1, 0.15) is 27.2 Å². The Kier molecular flexibility index (Phi) is 7.72. The van der Waals surface area contributed by atoms with Crippen molar-refractivity contribution < 1.29 is 9.53 Å². The summed E-state index contributed by atoms with van der Waals surface area (Å²) < 4.78 is 5.43. The maximum Gasteiger partial charge on any atom is 0.248 e. The van der Waals surface area contributed by atoms with Gasteiger partial charge in [-0.15, -0.1) is 12.4 Å². The fourth-order valence-corrected chi connectivity index (χ4v) is 1.58. The third-order valence-corrected chi connectivity index (χ3v) is 2.79. The second kappa shape index (κ2) is 7.87. The molecule has 1 aliphatic rings. The number of hydrogen-bond donors (Lipinski definition) is 1. The molecule has 0 saturated carbocycles. The summed E-state index contributed by atoms with van der Waals surface area (Å²) in [6.07, 6.45) is 1.12. The monoisotopic (exact) mass is 250 g/mol. The van der Waals surface area contributed by atoms with Gasteiger partial charge in [-0.2, -0.15) is 0 Å². The quantitative estimate of drug-likeness (QED) is 0.811. The Morgan fingerprint density at radius 2 is 2.31 bits per heavy atom. The lowest BCUT2D eigenvalue weighted by atomic mass is 10.2. The number of piperazine rings is 1. The zero-order valence-corrected chi connectivity index (χ0v) is 11.2. The van der Waals surface area contributed by atoms with E-state index in [0.29, 0.717) is 6.04 Å². The van der Waals surface area contributed by atoms with Crippen LogP contribution >= 0.6 is 12.4 Å². The second-order valence-electron chi connectivity index (χ2n) is 4.22. The maximum atomic E-state index is 11.7. The van der Waals surface area contributed by atoms with E-state index in [-0.39, 0.29) is 31.0 Å². The number of rotatable bonds is 4. The molecule has 1 unspecified atom stereocenters. The van der Waals surface area contributed by atoms with Crippen molar-refractivity contribution in [2.24, 2.45) is 0 Å². The van der Waals surface area contributed by atoms with Gasteiger partial charge in [-0.25, -0.2) is 0 Å². The minimum Gasteiger partial charge on any atom is -0.369 e. The van der Waals surface area contributed by atoms with Crippen molar-refractivity contribution in [2.75, 3.05) is 26.2 Å². The summed E-state index contributed by atoms with van der Waals surface area (Å²) in [6, 6.07) is 0.395. The van der Waals surface area contributed by atoms with Crippen LogP contribution < -0.4 is 5.32 Å². The number of carbonyl (C=O) groups excluding carboxylic acids is 1. The van der Waals surface area contributed by atoms with E-state index in [4.69, 9.17) is 4.74 Å². The van der Waals surface area contributed by atoms with E-state index in [1.54, 1.807) is 0 Å². The molecule has 16 heavy (non-hydrogen) atoms. The topological polar surface area (TPSA) is 41.6 Å². The van der Waals surface area contributed by atoms with Gasteiger partial charge in [0.15, 0.2) is 0 Å². The highest BCUT2D eigenvalue weighted by atomic mass is 35.5. The van der Waals surface area contributed by atoms with E-state index >= 15 is 0 Å². The van der Waals surface area contributed by atoms with Gasteiger partial charge in [-0.1, -0.05) is 6.92 Å². The Labute approximate surface area is 104 Å². The van der Waals surface area contributed by atoms with Crippen LogP contribution in [-0.2, 0) is 9.53 Å². The predicted octanol–water partition coefficient (Wildman–Crippen LogP) is 1.04. The molecule has 96 valence electrons. The maximum absolute atomic E-state index is 11.7. The summed E-state index contributed by atoms with van der Waals surface area (Å²) in [4.78, 5) is 13.6. The van der Waals surface area contributed by atoms with Crippen molar-refractivity contribution in [3.8, 4) is 0 Å². The molecule has 1 rings (SSSR count). The lowest BCUT2D eigenvalue weighted by Crippen LogP contribution is -2.52. The molecule has 2 atom stereocenters. The first-order valence-corrected chi connectivity index (χ1v) is 5.76. The normalized spacial score (nSPS) is 22.4. The van der Waals surface area contributed by atoms with Gasteiger partial charge < -0.3 is 15.0 Å². The van der Waals surface area contributed by atoms with Crippen LogP contribution in [0.15, 0.2) is 0 Å². The molecular weight excluding hydrogens is 228 g/mol. The van der Waals surface area contributed by atoms with Crippen LogP contribution in [-0.4, -0.2) is 49.2 Å². The molecule has 1 fully saturated rings. The van der Waals surface area contributed by atoms with Gasteiger partial charge in [-0.05, 0) is 20.3 Å². The molecule has 4 nitrogen and oxygen atoms in total. The van der Waals surface area contributed by atoms with Crippen molar-refractivity contribution in [2.45, 2.75) is 39.3 Å². The number of carbonyl (C=O) groups is 1. The highest BCUT2D eigenvalue weighted by Gasteiger charge is 2.20. The van der Waals surface area contributed by atoms with Crippen molar-refractivity contribution in [1.82, 2.24) is 10.2 Å². The SMILES string of the molecule is CCC(C)OCC(=O)N1CCN[C@@H](C)C1.Cl. The van der Waals surface area contributed by atoms with Crippen LogP contribution in [0.25, 0.3) is 0 Å². The molecular formula is C11H23ClN2O2. The molecule has 0 radical (unpaired) electrons. The Balaban J connectivity index is 0.00000225. The molecule has 0 aromatic rings. The summed E-state index contributed by atoms with van der Waals surface area (Å²) in [7, 11) is 0. The fraction of sp³-hybridized carbons (Fsp3) is 0.909. The molecule has 0 aliphatic carbocycles. The third-order valence-electron chi connectivity index (χ3n) is 2.79. The summed E-state index contributed by atoms with van der Waals surface area (Å²) in [6.45, 7) is 8.85. The molecule has 1 aliphatic heterocycles. The van der Waals surface area contributed by atoms with Gasteiger partial charge in [0.25, 0.3) is 0 Å². The minimum atomic E-state index is 0. The van der Waals surface area contributed by atoms with E-state index in [0.717, 1.165) is 26.1 Å². The molecule has 0 bridgehead atoms. The average molecular weight is 251 g/mol. The Morgan fingerprint density at radius 3 is 2.88 bits per heavy atom. The van der Waals surface area contributed by atoms with Gasteiger partial charge in [-0.3, -0.25) is 4.79 Å². The lowest BCUT2D eigenvalue weighted by Gasteiger charge is -2.32. The van der Waals surface area contributed by atoms with Crippen molar-refractivity contribution in [3.63, 3.8) is 0 Å². The standard InChI is InChI=1S/C11H22N2O2.ClH/c1-4-10(3)15-8-11(14)13-6-5-12-9(2)7-13;/h9-10,12H,4-8H2,1-3H3;1H/t9-,10?;/m0./s1. The van der Waals surface area contributed by atoms with Crippen LogP contribution in [0, 0.1) is 0 Å². The van der Waals surface area contributed by atoms with E-state index in [1.165, 1.54) is 0 Å². The van der Waals surface area contributed by atoms with Gasteiger partial charge >= 0.3 is 0 Å². The lowest BCUT2D eigenvalue weighted by molar-refractivity contribution is -0.139. The zero-order chi connectivity index (χ0) is 11.3. The number of halogens is 1. The smallest absolute Gasteiger partial charge is 0.248 e.